The average Bonchev–Trinajstić information content (AvgIpc) is 2.34. The molecule has 0 saturated carbocycles. The summed E-state index contributed by atoms with van der Waals surface area (Å²) in [6.07, 6.45) is 5.17. The topological polar surface area (TPSA) is 20.2 Å². The Kier molecular flexibility index (Phi) is 6.43. The highest BCUT2D eigenvalue weighted by molar-refractivity contribution is 5.27. The molecular weight excluding hydrogens is 208 g/mol. The molecule has 0 bridgehead atoms. The van der Waals surface area contributed by atoms with E-state index >= 15 is 0 Å². The number of aliphatic hydroxyl groups is 1. The molecule has 92 valence electrons. The van der Waals surface area contributed by atoms with Gasteiger partial charge in [0, 0.05) is 6.42 Å². The van der Waals surface area contributed by atoms with Gasteiger partial charge < -0.3 is 5.11 Å². The molecule has 0 aliphatic carbocycles. The minimum atomic E-state index is -0.637. The van der Waals surface area contributed by atoms with E-state index in [1.165, 1.54) is 24.8 Å². The van der Waals surface area contributed by atoms with E-state index in [9.17, 15) is 5.11 Å². The Morgan fingerprint density at radius 1 is 1.12 bits per heavy atom. The maximum atomic E-state index is 9.84. The van der Waals surface area contributed by atoms with Crippen molar-refractivity contribution in [1.29, 1.82) is 0 Å². The standard InChI is InChI=1S/C16H22O/c1-3-4-5-6-7-8-9-16(17)15-12-10-14(2)11-13-15/h10-13,16-17H,3-7H2,1-2H3/t16-/m0/s1. The summed E-state index contributed by atoms with van der Waals surface area (Å²) < 4.78 is 0. The van der Waals surface area contributed by atoms with Crippen LogP contribution in [0.25, 0.3) is 0 Å². The number of rotatable bonds is 5. The third kappa shape index (κ3) is 5.56. The van der Waals surface area contributed by atoms with E-state index in [1.54, 1.807) is 0 Å². The minimum Gasteiger partial charge on any atom is -0.376 e. The van der Waals surface area contributed by atoms with E-state index in [1.807, 2.05) is 31.2 Å². The molecule has 0 amide bonds. The molecule has 0 saturated heterocycles. The van der Waals surface area contributed by atoms with Crippen LogP contribution in [-0.2, 0) is 0 Å². The number of hydrogen-bond acceptors (Lipinski definition) is 1. The zero-order valence-electron chi connectivity index (χ0n) is 10.9. The largest absolute Gasteiger partial charge is 0.376 e. The highest BCUT2D eigenvalue weighted by Gasteiger charge is 2.01. The van der Waals surface area contributed by atoms with Crippen LogP contribution in [0, 0.1) is 18.8 Å². The molecule has 0 spiro atoms. The lowest BCUT2D eigenvalue weighted by atomic mass is 10.1. The molecule has 0 aromatic heterocycles. The molecule has 0 unspecified atom stereocenters. The van der Waals surface area contributed by atoms with Gasteiger partial charge in [-0.3, -0.25) is 0 Å². The Morgan fingerprint density at radius 2 is 1.82 bits per heavy atom. The molecule has 1 rings (SSSR count). The highest BCUT2D eigenvalue weighted by Crippen LogP contribution is 2.12. The van der Waals surface area contributed by atoms with Crippen LogP contribution in [0.3, 0.4) is 0 Å². The Labute approximate surface area is 105 Å². The molecule has 1 aromatic carbocycles. The first kappa shape index (κ1) is 13.8. The third-order valence-electron chi connectivity index (χ3n) is 2.79. The second-order valence-corrected chi connectivity index (χ2v) is 4.44. The first-order valence-corrected chi connectivity index (χ1v) is 6.47. The monoisotopic (exact) mass is 230 g/mol. The highest BCUT2D eigenvalue weighted by atomic mass is 16.3. The number of benzene rings is 1. The van der Waals surface area contributed by atoms with Crippen molar-refractivity contribution in [1.82, 2.24) is 0 Å². The van der Waals surface area contributed by atoms with Crippen molar-refractivity contribution in [2.45, 2.75) is 52.1 Å². The van der Waals surface area contributed by atoms with E-state index in [0.29, 0.717) is 0 Å². The fourth-order valence-electron chi connectivity index (χ4n) is 1.64. The van der Waals surface area contributed by atoms with Crippen molar-refractivity contribution in [2.75, 3.05) is 0 Å². The lowest BCUT2D eigenvalue weighted by molar-refractivity contribution is 0.238. The van der Waals surface area contributed by atoms with Gasteiger partial charge in [-0.05, 0) is 18.9 Å². The fraction of sp³-hybridized carbons (Fsp3) is 0.500. The zero-order valence-corrected chi connectivity index (χ0v) is 10.9. The number of unbranched alkanes of at least 4 members (excludes halogenated alkanes) is 4. The number of aryl methyl sites for hydroxylation is 1. The van der Waals surface area contributed by atoms with Crippen LogP contribution in [0.15, 0.2) is 24.3 Å². The molecule has 0 aliphatic rings. The van der Waals surface area contributed by atoms with Crippen molar-refractivity contribution in [2.24, 2.45) is 0 Å². The molecule has 17 heavy (non-hydrogen) atoms. The van der Waals surface area contributed by atoms with Gasteiger partial charge in [0.2, 0.25) is 0 Å². The van der Waals surface area contributed by atoms with Gasteiger partial charge in [-0.2, -0.15) is 0 Å². The van der Waals surface area contributed by atoms with Crippen molar-refractivity contribution in [3.63, 3.8) is 0 Å². The molecule has 0 heterocycles. The van der Waals surface area contributed by atoms with Gasteiger partial charge in [0.25, 0.3) is 0 Å². The van der Waals surface area contributed by atoms with Crippen molar-refractivity contribution in [3.8, 4) is 11.8 Å². The molecule has 0 radical (unpaired) electrons. The lowest BCUT2D eigenvalue weighted by Gasteiger charge is -2.03. The van der Waals surface area contributed by atoms with Crippen LogP contribution in [-0.4, -0.2) is 5.11 Å². The fourth-order valence-corrected chi connectivity index (χ4v) is 1.64. The molecule has 1 nitrogen and oxygen atoms in total. The SMILES string of the molecule is CCCCCCC#C[C@H](O)c1ccc(C)cc1. The quantitative estimate of drug-likeness (QED) is 0.598. The van der Waals surface area contributed by atoms with Crippen molar-refractivity contribution < 1.29 is 5.11 Å². The molecule has 1 heteroatoms. The predicted molar refractivity (Wildman–Crippen MR) is 72.7 cm³/mol. The Morgan fingerprint density at radius 3 is 2.47 bits per heavy atom. The summed E-state index contributed by atoms with van der Waals surface area (Å²) in [4.78, 5) is 0. The summed E-state index contributed by atoms with van der Waals surface area (Å²) in [5.74, 6) is 5.96. The van der Waals surface area contributed by atoms with Gasteiger partial charge in [0.05, 0.1) is 0 Å². The first-order chi connectivity index (χ1) is 8.24. The smallest absolute Gasteiger partial charge is 0.140 e. The maximum Gasteiger partial charge on any atom is 0.140 e. The summed E-state index contributed by atoms with van der Waals surface area (Å²) in [7, 11) is 0. The summed E-state index contributed by atoms with van der Waals surface area (Å²) in [6, 6.07) is 7.88. The molecule has 0 aliphatic heterocycles. The molecular formula is C16H22O. The van der Waals surface area contributed by atoms with E-state index in [0.717, 1.165) is 18.4 Å². The van der Waals surface area contributed by atoms with Crippen LogP contribution in [0.2, 0.25) is 0 Å². The minimum absolute atomic E-state index is 0.637. The van der Waals surface area contributed by atoms with Crippen LogP contribution < -0.4 is 0 Å². The van der Waals surface area contributed by atoms with Crippen molar-refractivity contribution in [3.05, 3.63) is 35.4 Å². The Bertz CT molecular complexity index is 367. The summed E-state index contributed by atoms with van der Waals surface area (Å²) in [5.41, 5.74) is 2.09. The van der Waals surface area contributed by atoms with Crippen LogP contribution in [0.1, 0.15) is 56.3 Å². The summed E-state index contributed by atoms with van der Waals surface area (Å²) in [6.45, 7) is 4.24. The van der Waals surface area contributed by atoms with Crippen molar-refractivity contribution >= 4 is 0 Å². The number of aliphatic hydroxyl groups excluding tert-OH is 1. The van der Waals surface area contributed by atoms with Gasteiger partial charge in [-0.25, -0.2) is 0 Å². The van der Waals surface area contributed by atoms with Gasteiger partial charge in [-0.15, -0.1) is 5.92 Å². The lowest BCUT2D eigenvalue weighted by Crippen LogP contribution is -1.93. The normalized spacial score (nSPS) is 11.7. The van der Waals surface area contributed by atoms with Gasteiger partial charge in [-0.1, -0.05) is 61.9 Å². The predicted octanol–water partition coefficient (Wildman–Crippen LogP) is 4.00. The third-order valence-corrected chi connectivity index (χ3v) is 2.79. The van der Waals surface area contributed by atoms with Gasteiger partial charge in [0.1, 0.15) is 6.10 Å². The summed E-state index contributed by atoms with van der Waals surface area (Å²) in [5, 5.41) is 9.84. The van der Waals surface area contributed by atoms with E-state index in [2.05, 4.69) is 18.8 Å². The molecule has 1 N–H and O–H groups in total. The molecule has 1 atom stereocenters. The van der Waals surface area contributed by atoms with Gasteiger partial charge >= 0.3 is 0 Å². The first-order valence-electron chi connectivity index (χ1n) is 6.47. The Hall–Kier alpha value is -1.26. The summed E-state index contributed by atoms with van der Waals surface area (Å²) >= 11 is 0. The number of hydrogen-bond donors (Lipinski definition) is 1. The van der Waals surface area contributed by atoms with Crippen LogP contribution in [0.5, 0.6) is 0 Å². The second-order valence-electron chi connectivity index (χ2n) is 4.44. The van der Waals surface area contributed by atoms with E-state index in [4.69, 9.17) is 0 Å². The molecule has 0 fully saturated rings. The second kappa shape index (κ2) is 7.92. The Balaban J connectivity index is 2.36. The van der Waals surface area contributed by atoms with E-state index in [-0.39, 0.29) is 0 Å². The average molecular weight is 230 g/mol. The van der Waals surface area contributed by atoms with Gasteiger partial charge in [0.15, 0.2) is 0 Å². The van der Waals surface area contributed by atoms with Crippen LogP contribution >= 0.6 is 0 Å². The molecule has 1 aromatic rings. The maximum absolute atomic E-state index is 9.84. The van der Waals surface area contributed by atoms with E-state index < -0.39 is 6.10 Å². The van der Waals surface area contributed by atoms with Crippen LogP contribution in [0.4, 0.5) is 0 Å². The zero-order chi connectivity index (χ0) is 12.5.